The Kier molecular flexibility index (Phi) is 5.25. The first kappa shape index (κ1) is 20.1. The Balaban J connectivity index is 1.50. The number of fused-ring (bicyclic) bond motifs is 2. The summed E-state index contributed by atoms with van der Waals surface area (Å²) in [4.78, 5) is 12.5. The first-order valence-electron chi connectivity index (χ1n) is 9.80. The molecule has 4 rings (SSSR count). The van der Waals surface area contributed by atoms with Crippen molar-refractivity contribution in [3.05, 3.63) is 53.1 Å². The van der Waals surface area contributed by atoms with E-state index in [0.29, 0.717) is 28.9 Å². The number of nitrogens with zero attached hydrogens (tertiary/aromatic N) is 1. The molecule has 7 heteroatoms. The van der Waals surface area contributed by atoms with Gasteiger partial charge in [-0.3, -0.25) is 5.32 Å². The minimum atomic E-state index is -0.567. The molecule has 2 aliphatic rings. The summed E-state index contributed by atoms with van der Waals surface area (Å²) in [7, 11) is 4.49. The Morgan fingerprint density at radius 2 is 1.79 bits per heavy atom. The zero-order valence-corrected chi connectivity index (χ0v) is 17.2. The minimum Gasteiger partial charge on any atom is -0.445 e. The summed E-state index contributed by atoms with van der Waals surface area (Å²) in [6.45, 7) is 0. The van der Waals surface area contributed by atoms with Crippen molar-refractivity contribution in [2.75, 3.05) is 19.4 Å². The Morgan fingerprint density at radius 1 is 1.10 bits per heavy atom. The third kappa shape index (κ3) is 3.96. The van der Waals surface area contributed by atoms with E-state index in [1.807, 2.05) is 0 Å². The molecule has 2 unspecified atom stereocenters. The molecule has 154 valence electrons. The van der Waals surface area contributed by atoms with Gasteiger partial charge in [-0.15, -0.1) is 0 Å². The summed E-state index contributed by atoms with van der Waals surface area (Å²) < 4.78 is 34.0. The van der Waals surface area contributed by atoms with Crippen LogP contribution in [0.25, 0.3) is 11.1 Å². The highest BCUT2D eigenvalue weighted by atomic mass is 35.5. The molecule has 0 aliphatic carbocycles. The van der Waals surface area contributed by atoms with E-state index in [9.17, 15) is 13.6 Å². The molecule has 2 bridgehead atoms. The minimum absolute atomic E-state index is 0.0706. The van der Waals surface area contributed by atoms with Gasteiger partial charge in [0.25, 0.3) is 0 Å². The molecule has 2 atom stereocenters. The molecule has 4 nitrogen and oxygen atoms in total. The molecule has 29 heavy (non-hydrogen) atoms. The second-order valence-electron chi connectivity index (χ2n) is 8.46. The number of nitrogens with one attached hydrogen (secondary N) is 1. The molecule has 0 aromatic heterocycles. The fourth-order valence-electron chi connectivity index (χ4n) is 4.75. The number of rotatable bonds is 3. The van der Waals surface area contributed by atoms with Crippen LogP contribution in [0.15, 0.2) is 36.4 Å². The van der Waals surface area contributed by atoms with Gasteiger partial charge < -0.3 is 9.22 Å². The second-order valence-corrected chi connectivity index (χ2v) is 8.86. The highest BCUT2D eigenvalue weighted by Crippen LogP contribution is 2.40. The summed E-state index contributed by atoms with van der Waals surface area (Å²) in [5, 5.41) is 2.65. The van der Waals surface area contributed by atoms with E-state index < -0.39 is 17.7 Å². The average Bonchev–Trinajstić information content (AvgIpc) is 2.83. The fraction of sp³-hybridized carbons (Fsp3) is 0.409. The van der Waals surface area contributed by atoms with Crippen LogP contribution in [0, 0.1) is 11.6 Å². The lowest BCUT2D eigenvalue weighted by Gasteiger charge is -2.43. The number of quaternary nitrogens is 1. The Hall–Kier alpha value is -2.18. The molecule has 1 amide bonds. The fourth-order valence-corrected chi connectivity index (χ4v) is 4.93. The van der Waals surface area contributed by atoms with E-state index in [2.05, 4.69) is 19.4 Å². The van der Waals surface area contributed by atoms with E-state index in [-0.39, 0.29) is 11.1 Å². The van der Waals surface area contributed by atoms with Crippen LogP contribution < -0.4 is 5.32 Å². The first-order chi connectivity index (χ1) is 13.7. The van der Waals surface area contributed by atoms with Crippen LogP contribution in [0.1, 0.15) is 25.7 Å². The van der Waals surface area contributed by atoms with E-state index in [4.69, 9.17) is 16.3 Å². The predicted molar refractivity (Wildman–Crippen MR) is 109 cm³/mol. The Labute approximate surface area is 174 Å². The summed E-state index contributed by atoms with van der Waals surface area (Å²) in [5.41, 5.74) is 1.29. The van der Waals surface area contributed by atoms with Gasteiger partial charge in [-0.2, -0.15) is 0 Å². The van der Waals surface area contributed by atoms with E-state index in [1.54, 1.807) is 0 Å². The van der Waals surface area contributed by atoms with Crippen molar-refractivity contribution in [3.63, 3.8) is 0 Å². The standard InChI is InChI=1S/C22H23ClF2N2O2/c1-27(2)15-5-6-16(27)12-17(11-15)29-22(28)26-21-8-4-14(24)10-18(21)13-3-7-20(25)19(23)9-13/h3-4,7-10,15-17H,5-6,11-12H2,1-2H3/p+1. The van der Waals surface area contributed by atoms with Gasteiger partial charge in [-0.1, -0.05) is 17.7 Å². The number of anilines is 1. The largest absolute Gasteiger partial charge is 0.445 e. The van der Waals surface area contributed by atoms with Crippen molar-refractivity contribution in [2.45, 2.75) is 43.9 Å². The molecule has 2 aromatic rings. The van der Waals surface area contributed by atoms with Crippen molar-refractivity contribution in [2.24, 2.45) is 0 Å². The maximum Gasteiger partial charge on any atom is 0.411 e. The number of piperidine rings is 1. The van der Waals surface area contributed by atoms with Crippen molar-refractivity contribution in [1.82, 2.24) is 0 Å². The maximum atomic E-state index is 13.8. The first-order valence-corrected chi connectivity index (χ1v) is 10.2. The smallest absolute Gasteiger partial charge is 0.411 e. The number of carbonyl (C=O) groups is 1. The summed E-state index contributed by atoms with van der Waals surface area (Å²) >= 11 is 5.86. The molecule has 0 radical (unpaired) electrons. The summed E-state index contributed by atoms with van der Waals surface area (Å²) in [6.07, 6.45) is 3.33. The normalized spacial score (nSPS) is 24.9. The van der Waals surface area contributed by atoms with Gasteiger partial charge >= 0.3 is 6.09 Å². The lowest BCUT2D eigenvalue weighted by Crippen LogP contribution is -2.56. The SMILES string of the molecule is C[N+]1(C)C2CCC1CC(OC(=O)Nc1ccc(F)cc1-c1ccc(F)c(Cl)c1)C2. The highest BCUT2D eigenvalue weighted by Gasteiger charge is 2.49. The Bertz CT molecular complexity index is 934. The lowest BCUT2D eigenvalue weighted by atomic mass is 9.98. The predicted octanol–water partition coefficient (Wildman–Crippen LogP) is 5.60. The molecule has 2 saturated heterocycles. The Morgan fingerprint density at radius 3 is 2.45 bits per heavy atom. The number of benzene rings is 2. The van der Waals surface area contributed by atoms with Gasteiger partial charge in [0.05, 0.1) is 36.9 Å². The van der Waals surface area contributed by atoms with Gasteiger partial charge in [0.15, 0.2) is 0 Å². The number of halogens is 3. The summed E-state index contributed by atoms with van der Waals surface area (Å²) in [5.74, 6) is -1.03. The molecule has 2 aliphatic heterocycles. The number of hydrogen-bond donors (Lipinski definition) is 1. The number of carbonyl (C=O) groups excluding carboxylic acids is 1. The highest BCUT2D eigenvalue weighted by molar-refractivity contribution is 6.31. The molecule has 0 spiro atoms. The van der Waals surface area contributed by atoms with Crippen LogP contribution in [0.3, 0.4) is 0 Å². The molecule has 2 heterocycles. The van der Waals surface area contributed by atoms with Crippen LogP contribution in [0.4, 0.5) is 19.3 Å². The quantitative estimate of drug-likeness (QED) is 0.655. The molecule has 2 fully saturated rings. The topological polar surface area (TPSA) is 38.3 Å². The third-order valence-corrected chi connectivity index (χ3v) is 6.80. The molecular weight excluding hydrogens is 398 g/mol. The molecular formula is C22H24ClF2N2O2+. The zero-order chi connectivity index (χ0) is 20.8. The average molecular weight is 422 g/mol. The van der Waals surface area contributed by atoms with Gasteiger partial charge in [0, 0.05) is 31.2 Å². The maximum absolute atomic E-state index is 13.8. The van der Waals surface area contributed by atoms with Gasteiger partial charge in [0.2, 0.25) is 0 Å². The second kappa shape index (κ2) is 7.58. The monoisotopic (exact) mass is 421 g/mol. The van der Waals surface area contributed by atoms with Crippen LogP contribution in [0.5, 0.6) is 0 Å². The van der Waals surface area contributed by atoms with Crippen LogP contribution in [-0.2, 0) is 4.74 Å². The van der Waals surface area contributed by atoms with Crippen molar-refractivity contribution >= 4 is 23.4 Å². The van der Waals surface area contributed by atoms with Crippen molar-refractivity contribution in [1.29, 1.82) is 0 Å². The molecule has 0 saturated carbocycles. The van der Waals surface area contributed by atoms with E-state index in [0.717, 1.165) is 30.2 Å². The molecule has 2 aromatic carbocycles. The van der Waals surface area contributed by atoms with Gasteiger partial charge in [0.1, 0.15) is 17.7 Å². The molecule has 1 N–H and O–H groups in total. The van der Waals surface area contributed by atoms with E-state index >= 15 is 0 Å². The van der Waals surface area contributed by atoms with Crippen molar-refractivity contribution < 1.29 is 22.8 Å². The number of amides is 1. The van der Waals surface area contributed by atoms with Crippen LogP contribution >= 0.6 is 11.6 Å². The zero-order valence-electron chi connectivity index (χ0n) is 16.4. The van der Waals surface area contributed by atoms with Gasteiger partial charge in [-0.25, -0.2) is 13.6 Å². The van der Waals surface area contributed by atoms with E-state index in [1.165, 1.54) is 36.4 Å². The summed E-state index contributed by atoms with van der Waals surface area (Å²) in [6, 6.07) is 9.12. The van der Waals surface area contributed by atoms with Gasteiger partial charge in [-0.05, 0) is 35.9 Å². The van der Waals surface area contributed by atoms with Crippen LogP contribution in [0.2, 0.25) is 5.02 Å². The van der Waals surface area contributed by atoms with Crippen LogP contribution in [-0.4, -0.2) is 42.9 Å². The van der Waals surface area contributed by atoms with Crippen molar-refractivity contribution in [3.8, 4) is 11.1 Å². The third-order valence-electron chi connectivity index (χ3n) is 6.51. The lowest BCUT2D eigenvalue weighted by molar-refractivity contribution is -0.931. The number of hydrogen-bond acceptors (Lipinski definition) is 2. The number of ether oxygens (including phenoxy) is 1.